The van der Waals surface area contributed by atoms with Gasteiger partial charge in [-0.2, -0.15) is 0 Å². The molecule has 27 heavy (non-hydrogen) atoms. The summed E-state index contributed by atoms with van der Waals surface area (Å²) in [7, 11) is 1.64. The number of fused-ring (bicyclic) bond motifs is 3. The number of para-hydroxylation sites is 1. The van der Waals surface area contributed by atoms with Gasteiger partial charge in [0.05, 0.1) is 30.7 Å². The molecule has 7 heteroatoms. The van der Waals surface area contributed by atoms with Crippen molar-refractivity contribution in [3.8, 4) is 5.75 Å². The highest BCUT2D eigenvalue weighted by atomic mass is 32.2. The predicted molar refractivity (Wildman–Crippen MR) is 105 cm³/mol. The van der Waals surface area contributed by atoms with Crippen molar-refractivity contribution >= 4 is 28.6 Å². The van der Waals surface area contributed by atoms with Crippen molar-refractivity contribution in [3.05, 3.63) is 59.6 Å². The van der Waals surface area contributed by atoms with Crippen LogP contribution < -0.4 is 9.64 Å². The zero-order chi connectivity index (χ0) is 19.0. The van der Waals surface area contributed by atoms with Gasteiger partial charge in [0.1, 0.15) is 17.5 Å². The van der Waals surface area contributed by atoms with Crippen LogP contribution in [-0.4, -0.2) is 29.8 Å². The molecule has 3 heterocycles. The lowest BCUT2D eigenvalue weighted by atomic mass is 9.97. The first-order valence-electron chi connectivity index (χ1n) is 8.67. The van der Waals surface area contributed by atoms with Crippen molar-refractivity contribution < 1.29 is 14.3 Å². The molecule has 2 aromatic rings. The van der Waals surface area contributed by atoms with E-state index in [0.29, 0.717) is 17.9 Å². The summed E-state index contributed by atoms with van der Waals surface area (Å²) < 4.78 is 10.9. The number of carbonyl (C=O) groups is 1. The molecule has 0 radical (unpaired) electrons. The van der Waals surface area contributed by atoms with Gasteiger partial charge in [0.15, 0.2) is 5.17 Å². The summed E-state index contributed by atoms with van der Waals surface area (Å²) in [5.41, 5.74) is 2.80. The molecule has 2 aliphatic rings. The topological polar surface area (TPSA) is 64.0 Å². The molecule has 0 bridgehead atoms. The molecule has 0 N–H and O–H groups in total. The highest BCUT2D eigenvalue weighted by molar-refractivity contribution is 8.14. The molecular weight excluding hydrogens is 362 g/mol. The standard InChI is InChI=1S/C20H19N3O3S/c1-4-26-19(24)16-12(2)22-20-23(17(16)13-8-5-6-11-21-13)18-14(25-3)9-7-10-15(18)27-20/h5-11,17H,4H2,1-3H3/t17-/m0/s1. The number of allylic oxidation sites excluding steroid dienone is 1. The van der Waals surface area contributed by atoms with Gasteiger partial charge in [-0.3, -0.25) is 4.98 Å². The number of ether oxygens (including phenoxy) is 2. The number of aliphatic imine (C=N–C) groups is 1. The number of anilines is 1. The lowest BCUT2D eigenvalue weighted by molar-refractivity contribution is -0.138. The molecule has 0 aliphatic carbocycles. The molecule has 1 atom stereocenters. The smallest absolute Gasteiger partial charge is 0.338 e. The number of hydrogen-bond acceptors (Lipinski definition) is 7. The Hall–Kier alpha value is -2.80. The average molecular weight is 381 g/mol. The molecule has 1 aromatic carbocycles. The van der Waals surface area contributed by atoms with E-state index in [-0.39, 0.29) is 5.97 Å². The lowest BCUT2D eigenvalue weighted by Gasteiger charge is -2.34. The number of amidine groups is 1. The Labute approximate surface area is 161 Å². The van der Waals surface area contributed by atoms with E-state index >= 15 is 0 Å². The maximum atomic E-state index is 12.8. The third-order valence-corrected chi connectivity index (χ3v) is 5.50. The third-order valence-electron chi connectivity index (χ3n) is 4.48. The highest BCUT2D eigenvalue weighted by Crippen LogP contribution is 2.53. The fraction of sp³-hybridized carbons (Fsp3) is 0.250. The fourth-order valence-electron chi connectivity index (χ4n) is 3.36. The van der Waals surface area contributed by atoms with E-state index < -0.39 is 6.04 Å². The molecular formula is C20H19N3O3S. The molecule has 0 saturated heterocycles. The number of carbonyl (C=O) groups excluding carboxylic acids is 1. The quantitative estimate of drug-likeness (QED) is 0.747. The Kier molecular flexibility index (Phi) is 4.61. The molecule has 138 valence electrons. The molecule has 0 unspecified atom stereocenters. The number of esters is 1. The van der Waals surface area contributed by atoms with Crippen LogP contribution in [-0.2, 0) is 9.53 Å². The Balaban J connectivity index is 1.93. The lowest BCUT2D eigenvalue weighted by Crippen LogP contribution is -2.38. The van der Waals surface area contributed by atoms with Crippen molar-refractivity contribution in [1.82, 2.24) is 4.98 Å². The zero-order valence-corrected chi connectivity index (χ0v) is 16.1. The van der Waals surface area contributed by atoms with Gasteiger partial charge in [-0.05, 0) is 49.9 Å². The number of aromatic nitrogens is 1. The van der Waals surface area contributed by atoms with Gasteiger partial charge >= 0.3 is 5.97 Å². The number of methoxy groups -OCH3 is 1. The van der Waals surface area contributed by atoms with E-state index in [9.17, 15) is 4.79 Å². The number of rotatable bonds is 4. The molecule has 2 aliphatic heterocycles. The summed E-state index contributed by atoms with van der Waals surface area (Å²) in [6, 6.07) is 11.1. The summed E-state index contributed by atoms with van der Waals surface area (Å²) in [5, 5.41) is 0.802. The first kappa shape index (κ1) is 17.6. The molecule has 0 fully saturated rings. The van der Waals surface area contributed by atoms with Gasteiger partial charge in [0, 0.05) is 11.1 Å². The fourth-order valence-corrected chi connectivity index (χ4v) is 4.48. The largest absolute Gasteiger partial charge is 0.495 e. The first-order chi connectivity index (χ1) is 13.2. The van der Waals surface area contributed by atoms with Crippen LogP contribution in [0, 0.1) is 0 Å². The zero-order valence-electron chi connectivity index (χ0n) is 15.3. The number of benzene rings is 1. The van der Waals surface area contributed by atoms with Gasteiger partial charge in [0.25, 0.3) is 0 Å². The minimum Gasteiger partial charge on any atom is -0.495 e. The van der Waals surface area contributed by atoms with E-state index in [4.69, 9.17) is 14.5 Å². The highest BCUT2D eigenvalue weighted by Gasteiger charge is 2.43. The normalized spacial score (nSPS) is 18.0. The molecule has 6 nitrogen and oxygen atoms in total. The summed E-state index contributed by atoms with van der Waals surface area (Å²) in [5.74, 6) is 0.357. The third kappa shape index (κ3) is 2.88. The van der Waals surface area contributed by atoms with Gasteiger partial charge in [0.2, 0.25) is 0 Å². The Bertz CT molecular complexity index is 956. The van der Waals surface area contributed by atoms with Crippen LogP contribution in [0.3, 0.4) is 0 Å². The van der Waals surface area contributed by atoms with Crippen molar-refractivity contribution in [3.63, 3.8) is 0 Å². The van der Waals surface area contributed by atoms with Crippen LogP contribution in [0.15, 0.2) is 63.8 Å². The van der Waals surface area contributed by atoms with Gasteiger partial charge in [-0.1, -0.05) is 12.1 Å². The SMILES string of the molecule is CCOC(=O)C1=C(C)N=C2Sc3cccc(OC)c3N2[C@H]1c1ccccn1. The second kappa shape index (κ2) is 7.08. The van der Waals surface area contributed by atoms with Crippen LogP contribution in [0.4, 0.5) is 5.69 Å². The summed E-state index contributed by atoms with van der Waals surface area (Å²) in [6.45, 7) is 3.94. The molecule has 0 saturated carbocycles. The van der Waals surface area contributed by atoms with Crippen molar-refractivity contribution in [2.75, 3.05) is 18.6 Å². The first-order valence-corrected chi connectivity index (χ1v) is 9.49. The van der Waals surface area contributed by atoms with Crippen LogP contribution in [0.1, 0.15) is 25.6 Å². The van der Waals surface area contributed by atoms with Gasteiger partial charge < -0.3 is 14.4 Å². The molecule has 1 aromatic heterocycles. The van der Waals surface area contributed by atoms with E-state index in [1.54, 1.807) is 32.0 Å². The van der Waals surface area contributed by atoms with Gasteiger partial charge in [-0.15, -0.1) is 0 Å². The average Bonchev–Trinajstić information content (AvgIpc) is 3.05. The van der Waals surface area contributed by atoms with Crippen LogP contribution in [0.2, 0.25) is 0 Å². The number of hydrogen-bond donors (Lipinski definition) is 0. The minimum atomic E-state index is -0.428. The Morgan fingerprint density at radius 1 is 1.26 bits per heavy atom. The second-order valence-corrected chi connectivity index (χ2v) is 7.06. The number of pyridine rings is 1. The molecule has 4 rings (SSSR count). The Morgan fingerprint density at radius 3 is 2.81 bits per heavy atom. The van der Waals surface area contributed by atoms with E-state index in [1.807, 2.05) is 48.2 Å². The molecule has 0 spiro atoms. The summed E-state index contributed by atoms with van der Waals surface area (Å²) >= 11 is 1.56. The molecule has 0 amide bonds. The number of thioether (sulfide) groups is 1. The predicted octanol–water partition coefficient (Wildman–Crippen LogP) is 3.95. The van der Waals surface area contributed by atoms with Crippen LogP contribution in [0.5, 0.6) is 5.75 Å². The van der Waals surface area contributed by atoms with Crippen molar-refractivity contribution in [1.29, 1.82) is 0 Å². The maximum absolute atomic E-state index is 12.8. The maximum Gasteiger partial charge on any atom is 0.338 e. The summed E-state index contributed by atoms with van der Waals surface area (Å²) in [4.78, 5) is 25.1. The van der Waals surface area contributed by atoms with E-state index in [1.165, 1.54) is 0 Å². The van der Waals surface area contributed by atoms with Crippen LogP contribution in [0.25, 0.3) is 0 Å². The van der Waals surface area contributed by atoms with E-state index in [0.717, 1.165) is 27.2 Å². The monoisotopic (exact) mass is 381 g/mol. The van der Waals surface area contributed by atoms with Crippen molar-refractivity contribution in [2.45, 2.75) is 24.8 Å². The van der Waals surface area contributed by atoms with Crippen molar-refractivity contribution in [2.24, 2.45) is 4.99 Å². The summed E-state index contributed by atoms with van der Waals surface area (Å²) in [6.07, 6.45) is 1.73. The van der Waals surface area contributed by atoms with Gasteiger partial charge in [-0.25, -0.2) is 9.79 Å². The van der Waals surface area contributed by atoms with E-state index in [2.05, 4.69) is 4.98 Å². The van der Waals surface area contributed by atoms with Crippen LogP contribution >= 0.6 is 11.8 Å². The Morgan fingerprint density at radius 2 is 2.11 bits per heavy atom. The minimum absolute atomic E-state index is 0.301. The number of nitrogens with zero attached hydrogens (tertiary/aromatic N) is 3. The second-order valence-electron chi connectivity index (χ2n) is 6.05.